The SMILES string of the molecule is CC(C)[C@H]1C(O)[C@@H](C(N)=O)C(=O)[C@]2(O)C(O)[C@H]3C(=O)c4c(O)c(C(F)(F)F)cc(-c5cccc([N+](=O)[O-])c5)c4C[C@]3(C)C[C@]12C. The Morgan fingerprint density at radius 3 is 2.31 bits per heavy atom. The lowest BCUT2D eigenvalue weighted by molar-refractivity contribution is -0.384. The van der Waals surface area contributed by atoms with Gasteiger partial charge in [0.2, 0.25) is 5.91 Å². The fraction of sp³-hybridized carbons (Fsp3) is 0.516. The molecule has 5 rings (SSSR count). The number of carbonyl (C=O) groups excluding carboxylic acids is 3. The summed E-state index contributed by atoms with van der Waals surface area (Å²) in [6.07, 6.45) is -9.60. The standard InChI is InChI=1S/C31H33F3N2O9/c1-12(2)20-24(39)19(27(35)42)25(40)30(43)26(41)21-23(38)18-16(10-28(21,3)11-29(20,30)4)15(9-17(22(18)37)31(32,33)34)13-6-5-7-14(8-13)36(44)45/h5-9,12,19-21,24,26,37,39,41,43H,10-11H2,1-4H3,(H2,35,42)/t19-,20+,21-,24?,26?,28-,29-,30+/m1/s1. The molecular formula is C31H33F3N2O9. The van der Waals surface area contributed by atoms with Crippen LogP contribution in [-0.4, -0.2) is 60.6 Å². The van der Waals surface area contributed by atoms with Crippen molar-refractivity contribution in [2.24, 2.45) is 40.2 Å². The van der Waals surface area contributed by atoms with Crippen LogP contribution in [0.4, 0.5) is 18.9 Å². The van der Waals surface area contributed by atoms with Crippen molar-refractivity contribution in [3.05, 3.63) is 57.1 Å². The highest BCUT2D eigenvalue weighted by Crippen LogP contribution is 2.66. The first-order valence-corrected chi connectivity index (χ1v) is 14.3. The lowest BCUT2D eigenvalue weighted by Gasteiger charge is -2.66. The van der Waals surface area contributed by atoms with Crippen LogP contribution in [-0.2, 0) is 22.2 Å². The maximum atomic E-state index is 14.3. The lowest BCUT2D eigenvalue weighted by Crippen LogP contribution is -2.79. The molecule has 242 valence electrons. The van der Waals surface area contributed by atoms with E-state index in [4.69, 9.17) is 5.73 Å². The summed E-state index contributed by atoms with van der Waals surface area (Å²) in [7, 11) is 0. The maximum Gasteiger partial charge on any atom is 0.420 e. The number of nitro benzene ring substituents is 1. The smallest absolute Gasteiger partial charge is 0.420 e. The van der Waals surface area contributed by atoms with Crippen molar-refractivity contribution in [2.45, 2.75) is 64.5 Å². The molecule has 45 heavy (non-hydrogen) atoms. The van der Waals surface area contributed by atoms with Gasteiger partial charge in [0.15, 0.2) is 17.2 Å². The molecule has 3 aliphatic carbocycles. The third-order valence-corrected chi connectivity index (χ3v) is 10.5. The lowest BCUT2D eigenvalue weighted by atomic mass is 9.39. The zero-order chi connectivity index (χ0) is 33.8. The number of primary amides is 1. The number of phenols is 1. The first-order chi connectivity index (χ1) is 20.6. The number of phenolic OH excluding ortho intramolecular Hbond substituents is 1. The topological polar surface area (TPSA) is 201 Å². The van der Waals surface area contributed by atoms with Gasteiger partial charge in [-0.1, -0.05) is 39.8 Å². The van der Waals surface area contributed by atoms with Crippen LogP contribution in [0.15, 0.2) is 30.3 Å². The number of carbonyl (C=O) groups is 3. The van der Waals surface area contributed by atoms with E-state index in [2.05, 4.69) is 0 Å². The Labute approximate surface area is 255 Å². The molecule has 0 heterocycles. The molecule has 2 saturated carbocycles. The number of aliphatic hydroxyl groups excluding tert-OH is 2. The number of nitrogens with zero attached hydrogens (tertiary/aromatic N) is 1. The van der Waals surface area contributed by atoms with Crippen LogP contribution in [0.2, 0.25) is 0 Å². The molecule has 0 radical (unpaired) electrons. The molecule has 2 fully saturated rings. The van der Waals surface area contributed by atoms with E-state index in [9.17, 15) is 58.1 Å². The van der Waals surface area contributed by atoms with E-state index < -0.39 is 103 Å². The van der Waals surface area contributed by atoms with Crippen molar-refractivity contribution in [1.29, 1.82) is 0 Å². The van der Waals surface area contributed by atoms with Gasteiger partial charge in [0.25, 0.3) is 5.69 Å². The number of aromatic hydroxyl groups is 1. The third kappa shape index (κ3) is 4.32. The van der Waals surface area contributed by atoms with E-state index in [0.717, 1.165) is 12.1 Å². The molecule has 14 heteroatoms. The Bertz CT molecular complexity index is 1660. The van der Waals surface area contributed by atoms with E-state index in [1.165, 1.54) is 19.1 Å². The second-order valence-corrected chi connectivity index (χ2v) is 13.5. The Morgan fingerprint density at radius 1 is 1.16 bits per heavy atom. The number of hydrogen-bond donors (Lipinski definition) is 5. The van der Waals surface area contributed by atoms with Crippen molar-refractivity contribution < 1.29 is 52.9 Å². The van der Waals surface area contributed by atoms with Gasteiger partial charge in [0.1, 0.15) is 17.8 Å². The second kappa shape index (κ2) is 10.1. The van der Waals surface area contributed by atoms with Crippen molar-refractivity contribution >= 4 is 23.2 Å². The van der Waals surface area contributed by atoms with Crippen molar-refractivity contribution in [3.8, 4) is 16.9 Å². The van der Waals surface area contributed by atoms with Crippen molar-refractivity contribution in [3.63, 3.8) is 0 Å². The van der Waals surface area contributed by atoms with Crippen LogP contribution in [0.3, 0.4) is 0 Å². The van der Waals surface area contributed by atoms with Gasteiger partial charge in [-0.05, 0) is 52.8 Å². The number of aliphatic hydroxyl groups is 3. The van der Waals surface area contributed by atoms with Crippen LogP contribution >= 0.6 is 0 Å². The van der Waals surface area contributed by atoms with Crippen LogP contribution in [0.25, 0.3) is 11.1 Å². The van der Waals surface area contributed by atoms with Crippen LogP contribution in [0.1, 0.15) is 55.6 Å². The minimum Gasteiger partial charge on any atom is -0.507 e. The number of halogens is 3. The largest absolute Gasteiger partial charge is 0.507 e. The fourth-order valence-electron chi connectivity index (χ4n) is 8.86. The monoisotopic (exact) mass is 634 g/mol. The van der Waals surface area contributed by atoms with Crippen LogP contribution in [0, 0.1) is 44.6 Å². The summed E-state index contributed by atoms with van der Waals surface area (Å²) >= 11 is 0. The van der Waals surface area contributed by atoms with E-state index >= 15 is 0 Å². The van der Waals surface area contributed by atoms with Gasteiger partial charge < -0.3 is 26.2 Å². The van der Waals surface area contributed by atoms with E-state index in [0.29, 0.717) is 6.07 Å². The van der Waals surface area contributed by atoms with Gasteiger partial charge in [-0.3, -0.25) is 24.5 Å². The molecule has 0 saturated heterocycles. The Morgan fingerprint density at radius 2 is 1.78 bits per heavy atom. The van der Waals surface area contributed by atoms with E-state index in [-0.39, 0.29) is 29.5 Å². The molecule has 6 N–H and O–H groups in total. The summed E-state index contributed by atoms with van der Waals surface area (Å²) in [5, 5.41) is 57.7. The molecule has 11 nitrogen and oxygen atoms in total. The summed E-state index contributed by atoms with van der Waals surface area (Å²) in [6, 6.07) is 5.38. The average Bonchev–Trinajstić information content (AvgIpc) is 2.89. The highest BCUT2D eigenvalue weighted by atomic mass is 19.4. The Kier molecular flexibility index (Phi) is 7.27. The number of nitro groups is 1. The minimum atomic E-state index is -5.17. The van der Waals surface area contributed by atoms with Gasteiger partial charge in [-0.2, -0.15) is 13.2 Å². The third-order valence-electron chi connectivity index (χ3n) is 10.5. The van der Waals surface area contributed by atoms with Gasteiger partial charge in [-0.15, -0.1) is 0 Å². The van der Waals surface area contributed by atoms with Gasteiger partial charge >= 0.3 is 6.18 Å². The number of alkyl halides is 3. The molecule has 0 bridgehead atoms. The van der Waals surface area contributed by atoms with Gasteiger partial charge in [0, 0.05) is 17.5 Å². The molecule has 2 unspecified atom stereocenters. The quantitative estimate of drug-likeness (QED) is 0.190. The molecule has 2 aromatic carbocycles. The first-order valence-electron chi connectivity index (χ1n) is 14.3. The second-order valence-electron chi connectivity index (χ2n) is 13.5. The number of amides is 1. The predicted octanol–water partition coefficient (Wildman–Crippen LogP) is 3.17. The molecule has 1 amide bonds. The van der Waals surface area contributed by atoms with Crippen molar-refractivity contribution in [2.75, 3.05) is 0 Å². The summed E-state index contributed by atoms with van der Waals surface area (Å²) in [4.78, 5) is 51.2. The van der Waals surface area contributed by atoms with Crippen LogP contribution < -0.4 is 5.73 Å². The molecular weight excluding hydrogens is 601 g/mol. The van der Waals surface area contributed by atoms with E-state index in [1.807, 2.05) is 0 Å². The predicted molar refractivity (Wildman–Crippen MR) is 151 cm³/mol. The summed E-state index contributed by atoms with van der Waals surface area (Å²) in [6.45, 7) is 6.35. The van der Waals surface area contributed by atoms with Gasteiger partial charge in [-0.25, -0.2) is 0 Å². The average molecular weight is 635 g/mol. The molecule has 0 aliphatic heterocycles. The number of fused-ring (bicyclic) bond motifs is 3. The summed E-state index contributed by atoms with van der Waals surface area (Å²) < 4.78 is 42.6. The minimum absolute atomic E-state index is 0.0347. The Balaban J connectivity index is 1.80. The molecule has 2 aromatic rings. The number of benzene rings is 2. The fourth-order valence-corrected chi connectivity index (χ4v) is 8.86. The van der Waals surface area contributed by atoms with E-state index in [1.54, 1.807) is 20.8 Å². The zero-order valence-corrected chi connectivity index (χ0v) is 24.8. The maximum absolute atomic E-state index is 14.3. The van der Waals surface area contributed by atoms with Crippen LogP contribution in [0.5, 0.6) is 5.75 Å². The summed E-state index contributed by atoms with van der Waals surface area (Å²) in [5.41, 5.74) is -3.59. The Hall–Kier alpha value is -3.88. The number of hydrogen-bond acceptors (Lipinski definition) is 9. The number of non-ortho nitro benzene ring substituents is 1. The van der Waals surface area contributed by atoms with Crippen molar-refractivity contribution in [1.82, 2.24) is 0 Å². The summed E-state index contributed by atoms with van der Waals surface area (Å²) in [5.74, 6) is -10.4. The molecule has 3 aliphatic rings. The zero-order valence-electron chi connectivity index (χ0n) is 24.8. The molecule has 8 atom stereocenters. The molecule has 0 spiro atoms. The number of ketones is 2. The number of nitrogens with two attached hydrogens (primary N) is 1. The number of Topliss-reactive ketones (excluding diaryl/α,β-unsaturated/α-hetero) is 2. The highest BCUT2D eigenvalue weighted by molar-refractivity contribution is 6.10. The number of rotatable bonds is 4. The molecule has 0 aromatic heterocycles. The highest BCUT2D eigenvalue weighted by Gasteiger charge is 2.76. The first kappa shape index (κ1) is 32.5. The van der Waals surface area contributed by atoms with Gasteiger partial charge in [0.05, 0.1) is 28.1 Å². The normalized spacial score (nSPS) is 34.6.